The average molecular weight is 1090 g/mol. The smallest absolute Gasteiger partial charge is 0.394 e. The highest BCUT2D eigenvalue weighted by molar-refractivity contribution is 7.46. The number of phosphoric ester groups is 1. The van der Waals surface area contributed by atoms with Crippen LogP contribution in [-0.4, -0.2) is 331 Å². The highest BCUT2D eigenvalue weighted by atomic mass is 31.2. The normalized spacial score (nSPS) is 50.7. The minimum atomic E-state index is -5.18. The molecule has 0 radical (unpaired) electrons. The van der Waals surface area contributed by atoms with Gasteiger partial charge >= 0.3 is 7.82 Å². The molecule has 0 spiro atoms. The molecule has 12 unspecified atom stereocenters. The van der Waals surface area contributed by atoms with Crippen LogP contribution in [0.2, 0.25) is 0 Å². The molecule has 21 N–H and O–H groups in total. The fraction of sp³-hybridized carbons (Fsp3) is 1.00. The summed E-state index contributed by atoms with van der Waals surface area (Å²) >= 11 is 0. The Bertz CT molecular complexity index is 1710. The van der Waals surface area contributed by atoms with Gasteiger partial charge in [0.15, 0.2) is 37.7 Å². The maximum absolute atomic E-state index is 11.4. The van der Waals surface area contributed by atoms with E-state index < -0.39 is 232 Å². The summed E-state index contributed by atoms with van der Waals surface area (Å²) < 4.78 is 76.4. The quantitative estimate of drug-likeness (QED) is 0.0324. The van der Waals surface area contributed by atoms with Gasteiger partial charge < -0.3 is 154 Å². The molecule has 0 amide bonds. The van der Waals surface area contributed by atoms with Crippen LogP contribution in [0.25, 0.3) is 0 Å². The second-order valence-electron chi connectivity index (χ2n) is 17.6. The zero-order valence-corrected chi connectivity index (χ0v) is 38.0. The first-order valence-corrected chi connectivity index (χ1v) is 23.6. The second kappa shape index (κ2) is 25.6. The van der Waals surface area contributed by atoms with Gasteiger partial charge in [0.2, 0.25) is 0 Å². The summed E-state index contributed by atoms with van der Waals surface area (Å²) in [4.78, 5) is 22.2. The van der Waals surface area contributed by atoms with Gasteiger partial charge in [0, 0.05) is 0 Å². The molecule has 0 aromatic carbocycles. The summed E-state index contributed by atoms with van der Waals surface area (Å²) in [7, 11) is -5.18. The summed E-state index contributed by atoms with van der Waals surface area (Å²) in [5.74, 6) is 0. The van der Waals surface area contributed by atoms with Gasteiger partial charge in [-0.2, -0.15) is 0 Å². The number of aliphatic hydroxyl groups is 18. The number of ether oxygens (including phenoxy) is 11. The van der Waals surface area contributed by atoms with Crippen LogP contribution in [0.3, 0.4) is 0 Å². The zero-order chi connectivity index (χ0) is 53.3. The van der Waals surface area contributed by atoms with Gasteiger partial charge in [0.1, 0.15) is 153 Å². The molecule has 6 rings (SSSR count). The molecule has 35 nitrogen and oxygen atoms in total. The Morgan fingerprint density at radius 1 is 0.347 bits per heavy atom. The van der Waals surface area contributed by atoms with E-state index in [9.17, 15) is 96.5 Å². The van der Waals surface area contributed by atoms with Crippen molar-refractivity contribution in [1.29, 1.82) is 0 Å². The molecular formula is C36H63O35P. The predicted octanol–water partition coefficient (Wildman–Crippen LogP) is -13.5. The van der Waals surface area contributed by atoms with Gasteiger partial charge in [0.25, 0.3) is 0 Å². The predicted molar refractivity (Wildman–Crippen MR) is 212 cm³/mol. The Balaban J connectivity index is 1.13. The number of hydrogen-bond donors (Lipinski definition) is 21. The summed E-state index contributed by atoms with van der Waals surface area (Å²) in [6, 6.07) is 0. The maximum atomic E-state index is 11.4. The van der Waals surface area contributed by atoms with Crippen molar-refractivity contribution >= 4 is 7.82 Å². The minimum Gasteiger partial charge on any atom is -0.394 e. The van der Waals surface area contributed by atoms with Gasteiger partial charge in [-0.1, -0.05) is 0 Å². The number of rotatable bonds is 19. The van der Waals surface area contributed by atoms with Crippen LogP contribution in [0.4, 0.5) is 0 Å². The molecule has 6 heterocycles. The van der Waals surface area contributed by atoms with Crippen LogP contribution in [0.15, 0.2) is 0 Å². The molecule has 0 aliphatic carbocycles. The lowest BCUT2D eigenvalue weighted by Crippen LogP contribution is -2.67. The summed E-state index contributed by atoms with van der Waals surface area (Å²) in [6.07, 6.45) is -59.4. The summed E-state index contributed by atoms with van der Waals surface area (Å²) in [5.41, 5.74) is 0. The van der Waals surface area contributed by atoms with E-state index >= 15 is 0 Å². The first kappa shape index (κ1) is 60.1. The Morgan fingerprint density at radius 3 is 1.18 bits per heavy atom. The van der Waals surface area contributed by atoms with E-state index in [0.29, 0.717) is 0 Å². The van der Waals surface area contributed by atoms with Crippen LogP contribution >= 0.6 is 7.82 Å². The first-order valence-electron chi connectivity index (χ1n) is 22.0. The van der Waals surface area contributed by atoms with Crippen LogP contribution in [0, 0.1) is 0 Å². The first-order chi connectivity index (χ1) is 33.8. The molecule has 6 aliphatic rings. The van der Waals surface area contributed by atoms with E-state index in [4.69, 9.17) is 67.1 Å². The van der Waals surface area contributed by atoms with Crippen molar-refractivity contribution in [3.8, 4) is 0 Å². The van der Waals surface area contributed by atoms with Crippen LogP contribution < -0.4 is 0 Å². The summed E-state index contributed by atoms with van der Waals surface area (Å²) in [5, 5.41) is 200. The van der Waals surface area contributed by atoms with Gasteiger partial charge in [0.05, 0.1) is 33.0 Å². The fourth-order valence-corrected chi connectivity index (χ4v) is 8.82. The van der Waals surface area contributed by atoms with Crippen molar-refractivity contribution in [1.82, 2.24) is 0 Å². The van der Waals surface area contributed by atoms with Crippen molar-refractivity contribution in [3.63, 3.8) is 0 Å². The van der Waals surface area contributed by atoms with Crippen molar-refractivity contribution in [3.05, 3.63) is 0 Å². The van der Waals surface area contributed by atoms with E-state index in [0.717, 1.165) is 0 Å². The standard InChI is InChI=1S/C36H63O35P/c37-1-7-13(39)22(48)29(70-33-25(51)20(46)16(42)11(67-33)5-61-55)35(64-7)60-3-9-15(41)19(45)24(50)32(66-9)59-4-10-18(44)28(27(53)31(54)63-10)69-36-30(23(49)14(40)8(2-38)65-36)71-34-26(52)21(47)17(43)12(68-34)6-62-72(56,57)58/h7-55H,1-6H2,(H2,56,57,58)/t7?,8?,9?,10?,11?,12?,13-,14-,15-,16-,17-,18-,19+,20+,21+,22+,23+,24?,25?,26?,27?,28+,29?,30?,31-,32+,33+,34-,35+,36-/m1/s1. The van der Waals surface area contributed by atoms with Gasteiger partial charge in [-0.15, -0.1) is 0 Å². The second-order valence-corrected chi connectivity index (χ2v) is 18.8. The largest absolute Gasteiger partial charge is 0.469 e. The maximum Gasteiger partial charge on any atom is 0.469 e. The molecule has 0 saturated carbocycles. The highest BCUT2D eigenvalue weighted by Crippen LogP contribution is 2.38. The van der Waals surface area contributed by atoms with Crippen molar-refractivity contribution in [2.24, 2.45) is 0 Å². The lowest BCUT2D eigenvalue weighted by molar-refractivity contribution is -0.389. The Morgan fingerprint density at radius 2 is 0.708 bits per heavy atom. The molecule has 0 aromatic rings. The molecule has 6 saturated heterocycles. The molecule has 0 aromatic heterocycles. The van der Waals surface area contributed by atoms with Crippen LogP contribution in [0.1, 0.15) is 0 Å². The average Bonchev–Trinajstić information content (AvgIpc) is 3.34. The van der Waals surface area contributed by atoms with Gasteiger partial charge in [-0.3, -0.25) is 9.78 Å². The van der Waals surface area contributed by atoms with E-state index in [1.54, 1.807) is 0 Å². The van der Waals surface area contributed by atoms with Crippen LogP contribution in [-0.2, 0) is 66.1 Å². The third-order valence-electron chi connectivity index (χ3n) is 12.7. The Hall–Kier alpha value is -1.13. The molecule has 6 aliphatic heterocycles. The molecule has 6 fully saturated rings. The van der Waals surface area contributed by atoms with Gasteiger partial charge in [-0.25, -0.2) is 9.45 Å². The highest BCUT2D eigenvalue weighted by Gasteiger charge is 2.56. The number of aliphatic hydroxyl groups excluding tert-OH is 18. The van der Waals surface area contributed by atoms with Gasteiger partial charge in [-0.05, 0) is 0 Å². The zero-order valence-electron chi connectivity index (χ0n) is 37.1. The van der Waals surface area contributed by atoms with E-state index in [1.807, 2.05) is 0 Å². The van der Waals surface area contributed by atoms with E-state index in [1.165, 1.54) is 0 Å². The van der Waals surface area contributed by atoms with E-state index in [-0.39, 0.29) is 0 Å². The lowest BCUT2D eigenvalue weighted by atomic mass is 9.96. The molecule has 422 valence electrons. The number of phosphoric acid groups is 1. The number of hydrogen-bond acceptors (Lipinski definition) is 33. The van der Waals surface area contributed by atoms with E-state index in [2.05, 4.69) is 9.41 Å². The summed E-state index contributed by atoms with van der Waals surface area (Å²) in [6.45, 7) is -5.57. The van der Waals surface area contributed by atoms with Crippen molar-refractivity contribution in [2.45, 2.75) is 184 Å². The van der Waals surface area contributed by atoms with Crippen molar-refractivity contribution < 1.29 is 173 Å². The van der Waals surface area contributed by atoms with Crippen molar-refractivity contribution in [2.75, 3.05) is 39.6 Å². The van der Waals surface area contributed by atoms with Crippen LogP contribution in [0.5, 0.6) is 0 Å². The third-order valence-corrected chi connectivity index (χ3v) is 13.2. The molecule has 0 bridgehead atoms. The molecular weight excluding hydrogens is 1020 g/mol. The molecule has 72 heavy (non-hydrogen) atoms. The monoisotopic (exact) mass is 1090 g/mol. The molecule has 30 atom stereocenters. The minimum absolute atomic E-state index is 0.744. The molecule has 36 heteroatoms. The third kappa shape index (κ3) is 13.4. The Kier molecular flexibility index (Phi) is 21.3. The fourth-order valence-electron chi connectivity index (χ4n) is 8.47. The SMILES string of the molecule is O=P(O)(O)OCC1O[C@H](OC2[C@@H](O[C@@H]3C(O)[C@H](O)OC(CO[C@H]4OC(CO[C@H]5OC(CO)[C@@H](O)[C@H](O)C5O[C@@H]5OC(COO)[C@@H](O)[C@H](O)C5O)[C@@H](O)[C@H](O)C4O)[C@H]3O)OC(CO)[C@@H](O)[C@@H]2O)C(O)[C@@H](O)[C@@H]1O. The Labute approximate surface area is 404 Å². The lowest BCUT2D eigenvalue weighted by Gasteiger charge is -2.48. The topological polar surface area (TPSA) is 562 Å².